The highest BCUT2D eigenvalue weighted by molar-refractivity contribution is 5.75. The topological polar surface area (TPSA) is 61.4 Å². The molecule has 0 aromatic carbocycles. The minimum absolute atomic E-state index is 0.0447. The van der Waals surface area contributed by atoms with Crippen molar-refractivity contribution < 1.29 is 9.90 Å². The average molecular weight is 214 g/mol. The van der Waals surface area contributed by atoms with E-state index in [-0.39, 0.29) is 5.91 Å². The lowest BCUT2D eigenvalue weighted by Crippen LogP contribution is -2.36. The van der Waals surface area contributed by atoms with E-state index in [0.717, 1.165) is 13.0 Å². The molecule has 0 spiro atoms. The van der Waals surface area contributed by atoms with Crippen LogP contribution >= 0.6 is 0 Å². The van der Waals surface area contributed by atoms with Crippen molar-refractivity contribution in [3.8, 4) is 0 Å². The Morgan fingerprint density at radius 2 is 2.40 bits per heavy atom. The van der Waals surface area contributed by atoms with Crippen LogP contribution in [0.1, 0.15) is 39.0 Å². The summed E-state index contributed by atoms with van der Waals surface area (Å²) in [7, 11) is 0. The Balaban J connectivity index is 2.05. The minimum Gasteiger partial charge on any atom is -0.392 e. The van der Waals surface area contributed by atoms with Crippen molar-refractivity contribution in [3.63, 3.8) is 0 Å². The largest absolute Gasteiger partial charge is 0.392 e. The summed E-state index contributed by atoms with van der Waals surface area (Å²) >= 11 is 0. The summed E-state index contributed by atoms with van der Waals surface area (Å²) in [5, 5.41) is 15.1. The lowest BCUT2D eigenvalue weighted by molar-refractivity contribution is -0.121. The van der Waals surface area contributed by atoms with Gasteiger partial charge in [-0.05, 0) is 32.7 Å². The van der Waals surface area contributed by atoms with E-state index in [1.807, 2.05) is 0 Å². The zero-order chi connectivity index (χ0) is 11.1. The van der Waals surface area contributed by atoms with Gasteiger partial charge in [-0.25, -0.2) is 0 Å². The third-order valence-electron chi connectivity index (χ3n) is 2.73. The average Bonchev–Trinajstić information content (AvgIpc) is 2.25. The molecule has 0 aromatic heterocycles. The van der Waals surface area contributed by atoms with Crippen molar-refractivity contribution in [1.29, 1.82) is 0 Å². The van der Waals surface area contributed by atoms with E-state index in [2.05, 4.69) is 10.6 Å². The molecular weight excluding hydrogens is 192 g/mol. The standard InChI is InChI=1S/C11H22N2O2/c1-9(14)8-13-11(15)6-5-10-4-2-3-7-12-10/h9-10,12,14H,2-8H2,1H3,(H,13,15). The van der Waals surface area contributed by atoms with Crippen LogP contribution in [0.3, 0.4) is 0 Å². The number of piperidine rings is 1. The van der Waals surface area contributed by atoms with Crippen molar-refractivity contribution in [2.45, 2.75) is 51.2 Å². The van der Waals surface area contributed by atoms with E-state index in [1.165, 1.54) is 19.3 Å². The lowest BCUT2D eigenvalue weighted by atomic mass is 10.0. The first-order valence-electron chi connectivity index (χ1n) is 5.86. The second kappa shape index (κ2) is 6.80. The second-order valence-electron chi connectivity index (χ2n) is 4.34. The molecule has 1 fully saturated rings. The van der Waals surface area contributed by atoms with Crippen LogP contribution < -0.4 is 10.6 Å². The van der Waals surface area contributed by atoms with Gasteiger partial charge in [-0.15, -0.1) is 0 Å². The number of aliphatic hydroxyl groups is 1. The summed E-state index contributed by atoms with van der Waals surface area (Å²) in [6.45, 7) is 3.11. The molecule has 0 bridgehead atoms. The van der Waals surface area contributed by atoms with Crippen LogP contribution in [0.2, 0.25) is 0 Å². The maximum atomic E-state index is 11.3. The highest BCUT2D eigenvalue weighted by Gasteiger charge is 2.13. The predicted octanol–water partition coefficient (Wildman–Crippen LogP) is 0.406. The van der Waals surface area contributed by atoms with Gasteiger partial charge in [0.2, 0.25) is 5.91 Å². The maximum Gasteiger partial charge on any atom is 0.220 e. The van der Waals surface area contributed by atoms with Gasteiger partial charge in [0.25, 0.3) is 0 Å². The molecule has 1 heterocycles. The zero-order valence-electron chi connectivity index (χ0n) is 9.46. The van der Waals surface area contributed by atoms with Gasteiger partial charge >= 0.3 is 0 Å². The van der Waals surface area contributed by atoms with Crippen LogP contribution in [0.25, 0.3) is 0 Å². The molecule has 3 N–H and O–H groups in total. The molecule has 1 amide bonds. The van der Waals surface area contributed by atoms with Crippen molar-refractivity contribution in [2.75, 3.05) is 13.1 Å². The number of rotatable bonds is 5. The first-order chi connectivity index (χ1) is 7.18. The van der Waals surface area contributed by atoms with Gasteiger partial charge in [0.05, 0.1) is 6.10 Å². The number of hydrogen-bond acceptors (Lipinski definition) is 3. The third kappa shape index (κ3) is 5.74. The molecule has 0 saturated carbocycles. The van der Waals surface area contributed by atoms with Crippen LogP contribution in [-0.2, 0) is 4.79 Å². The minimum atomic E-state index is -0.457. The monoisotopic (exact) mass is 214 g/mol. The number of hydrogen-bond donors (Lipinski definition) is 3. The van der Waals surface area contributed by atoms with Crippen molar-refractivity contribution in [1.82, 2.24) is 10.6 Å². The van der Waals surface area contributed by atoms with Crippen LogP contribution in [0.5, 0.6) is 0 Å². The number of carbonyl (C=O) groups is 1. The molecule has 0 aliphatic carbocycles. The molecule has 1 aliphatic rings. The Bertz CT molecular complexity index is 189. The summed E-state index contributed by atoms with van der Waals surface area (Å²) in [6.07, 6.45) is 4.72. The number of aliphatic hydroxyl groups excluding tert-OH is 1. The van der Waals surface area contributed by atoms with Crippen molar-refractivity contribution >= 4 is 5.91 Å². The fourth-order valence-corrected chi connectivity index (χ4v) is 1.83. The highest BCUT2D eigenvalue weighted by Crippen LogP contribution is 2.11. The molecule has 88 valence electrons. The smallest absolute Gasteiger partial charge is 0.220 e. The molecule has 1 aliphatic heterocycles. The molecule has 0 radical (unpaired) electrons. The SMILES string of the molecule is CC(O)CNC(=O)CCC1CCCCN1. The fraction of sp³-hybridized carbons (Fsp3) is 0.909. The molecule has 1 rings (SSSR count). The first-order valence-corrected chi connectivity index (χ1v) is 5.86. The van der Waals surface area contributed by atoms with Crippen molar-refractivity contribution in [2.24, 2.45) is 0 Å². The predicted molar refractivity (Wildman–Crippen MR) is 59.6 cm³/mol. The van der Waals surface area contributed by atoms with Crippen LogP contribution in [0, 0.1) is 0 Å². The van der Waals surface area contributed by atoms with Gasteiger partial charge in [-0.1, -0.05) is 6.42 Å². The molecule has 1 saturated heterocycles. The highest BCUT2D eigenvalue weighted by atomic mass is 16.3. The van der Waals surface area contributed by atoms with Crippen molar-refractivity contribution in [3.05, 3.63) is 0 Å². The van der Waals surface area contributed by atoms with E-state index < -0.39 is 6.10 Å². The Kier molecular flexibility index (Phi) is 5.65. The van der Waals surface area contributed by atoms with Crippen LogP contribution in [0.15, 0.2) is 0 Å². The fourth-order valence-electron chi connectivity index (χ4n) is 1.83. The van der Waals surface area contributed by atoms with Gasteiger partial charge in [-0.3, -0.25) is 4.79 Å². The van der Waals surface area contributed by atoms with Crippen LogP contribution in [-0.4, -0.2) is 36.2 Å². The quantitative estimate of drug-likeness (QED) is 0.621. The zero-order valence-corrected chi connectivity index (χ0v) is 9.46. The number of carbonyl (C=O) groups excluding carboxylic acids is 1. The summed E-state index contributed by atoms with van der Waals surface area (Å²) in [6, 6.07) is 0.510. The van der Waals surface area contributed by atoms with Crippen LogP contribution in [0.4, 0.5) is 0 Å². The summed E-state index contributed by atoms with van der Waals surface area (Å²) < 4.78 is 0. The molecule has 0 aromatic rings. The normalized spacial score (nSPS) is 23.5. The Morgan fingerprint density at radius 3 is 3.00 bits per heavy atom. The Labute approximate surface area is 91.4 Å². The lowest BCUT2D eigenvalue weighted by Gasteiger charge is -2.23. The molecule has 2 unspecified atom stereocenters. The van der Waals surface area contributed by atoms with Gasteiger partial charge in [0.1, 0.15) is 0 Å². The Hall–Kier alpha value is -0.610. The van der Waals surface area contributed by atoms with E-state index in [9.17, 15) is 4.79 Å². The first kappa shape index (κ1) is 12.5. The number of nitrogens with one attached hydrogen (secondary N) is 2. The molecule has 4 heteroatoms. The van der Waals surface area contributed by atoms with Gasteiger partial charge in [0, 0.05) is 19.0 Å². The summed E-state index contributed by atoms with van der Waals surface area (Å²) in [5.74, 6) is 0.0447. The summed E-state index contributed by atoms with van der Waals surface area (Å²) in [4.78, 5) is 11.3. The summed E-state index contributed by atoms with van der Waals surface area (Å²) in [5.41, 5.74) is 0. The third-order valence-corrected chi connectivity index (χ3v) is 2.73. The molecular formula is C11H22N2O2. The second-order valence-corrected chi connectivity index (χ2v) is 4.34. The van der Waals surface area contributed by atoms with E-state index >= 15 is 0 Å². The van der Waals surface area contributed by atoms with Gasteiger partial charge < -0.3 is 15.7 Å². The number of amides is 1. The van der Waals surface area contributed by atoms with E-state index in [0.29, 0.717) is 19.0 Å². The van der Waals surface area contributed by atoms with Gasteiger partial charge in [-0.2, -0.15) is 0 Å². The molecule has 2 atom stereocenters. The van der Waals surface area contributed by atoms with Gasteiger partial charge in [0.15, 0.2) is 0 Å². The maximum absolute atomic E-state index is 11.3. The molecule has 15 heavy (non-hydrogen) atoms. The van der Waals surface area contributed by atoms with E-state index in [4.69, 9.17) is 5.11 Å². The Morgan fingerprint density at radius 1 is 1.60 bits per heavy atom. The molecule has 4 nitrogen and oxygen atoms in total. The van der Waals surface area contributed by atoms with E-state index in [1.54, 1.807) is 6.92 Å².